The van der Waals surface area contributed by atoms with Crippen molar-refractivity contribution in [2.45, 2.75) is 6.54 Å². The average molecular weight is 482 g/mol. The lowest BCUT2D eigenvalue weighted by molar-refractivity contribution is 0.282. The van der Waals surface area contributed by atoms with E-state index in [9.17, 15) is 21.9 Å². The molecule has 0 radical (unpaired) electrons. The van der Waals surface area contributed by atoms with Gasteiger partial charge in [0.2, 0.25) is 0 Å². The third-order valence-electron chi connectivity index (χ3n) is 3.83. The highest BCUT2D eigenvalue weighted by Gasteiger charge is 2.15. The Hall–Kier alpha value is -3.82. The van der Waals surface area contributed by atoms with Gasteiger partial charge < -0.3 is 13.7 Å². The van der Waals surface area contributed by atoms with Crippen LogP contribution in [0.2, 0.25) is 5.02 Å². The maximum absolute atomic E-state index is 12.9. The summed E-state index contributed by atoms with van der Waals surface area (Å²) in [5, 5.41) is 9.28. The van der Waals surface area contributed by atoms with E-state index in [0.29, 0.717) is 0 Å². The first-order valence-corrected chi connectivity index (χ1v) is 10.4. The minimum atomic E-state index is -5.29. The molecule has 0 unspecified atom stereocenters. The second kappa shape index (κ2) is 9.54. The molecule has 0 saturated heterocycles. The number of aromatic amines is 1. The molecule has 1 N–H and O–H groups in total. The summed E-state index contributed by atoms with van der Waals surface area (Å²) in [4.78, 5) is 25.0. The van der Waals surface area contributed by atoms with Gasteiger partial charge >= 0.3 is 16.2 Å². The zero-order valence-corrected chi connectivity index (χ0v) is 17.5. The van der Waals surface area contributed by atoms with Gasteiger partial charge in [-0.1, -0.05) is 15.5 Å². The SMILES string of the molecule is N#Cc1cc(Cl)cc(Oc2cc(OS(=O)(=O)F)ccc2OCCn2ccc(=O)[nH]c2=O)c1. The summed E-state index contributed by atoms with van der Waals surface area (Å²) in [7, 11) is -5.29. The van der Waals surface area contributed by atoms with Gasteiger partial charge in [0.05, 0.1) is 18.2 Å². The van der Waals surface area contributed by atoms with Crippen molar-refractivity contribution in [3.8, 4) is 29.1 Å². The van der Waals surface area contributed by atoms with Crippen LogP contribution in [-0.4, -0.2) is 24.6 Å². The molecule has 3 rings (SSSR count). The van der Waals surface area contributed by atoms with Crippen LogP contribution in [-0.2, 0) is 17.0 Å². The zero-order chi connectivity index (χ0) is 23.3. The van der Waals surface area contributed by atoms with E-state index < -0.39 is 27.5 Å². The van der Waals surface area contributed by atoms with Crippen LogP contribution in [0.3, 0.4) is 0 Å². The molecule has 1 heterocycles. The van der Waals surface area contributed by atoms with E-state index in [4.69, 9.17) is 26.3 Å². The molecule has 13 heteroatoms. The van der Waals surface area contributed by atoms with Crippen LogP contribution >= 0.6 is 11.6 Å². The number of nitrogens with zero attached hydrogens (tertiary/aromatic N) is 2. The van der Waals surface area contributed by atoms with E-state index in [2.05, 4.69) is 9.17 Å². The van der Waals surface area contributed by atoms with Gasteiger partial charge in [-0.2, -0.15) is 13.7 Å². The summed E-state index contributed by atoms with van der Waals surface area (Å²) in [6.07, 6.45) is 1.29. The van der Waals surface area contributed by atoms with Gasteiger partial charge in [-0.3, -0.25) is 14.3 Å². The summed E-state index contributed by atoms with van der Waals surface area (Å²) < 4.78 is 51.2. The van der Waals surface area contributed by atoms with E-state index in [1.165, 1.54) is 41.1 Å². The van der Waals surface area contributed by atoms with Crippen molar-refractivity contribution < 1.29 is 26.0 Å². The van der Waals surface area contributed by atoms with E-state index >= 15 is 0 Å². The molecule has 0 spiro atoms. The molecule has 1 aromatic heterocycles. The fourth-order valence-corrected chi connectivity index (χ4v) is 3.10. The molecule has 0 atom stereocenters. The molecule has 0 amide bonds. The van der Waals surface area contributed by atoms with Crippen LogP contribution in [0.5, 0.6) is 23.0 Å². The molecule has 2 aromatic carbocycles. The number of nitriles is 1. The quantitative estimate of drug-likeness (QED) is 0.484. The lowest BCUT2D eigenvalue weighted by Gasteiger charge is -2.14. The van der Waals surface area contributed by atoms with Gasteiger partial charge in [-0.25, -0.2) is 4.79 Å². The lowest BCUT2D eigenvalue weighted by atomic mass is 10.2. The molecule has 32 heavy (non-hydrogen) atoms. The van der Waals surface area contributed by atoms with Crippen molar-refractivity contribution in [1.82, 2.24) is 9.55 Å². The predicted molar refractivity (Wildman–Crippen MR) is 110 cm³/mol. The molecule has 0 aliphatic heterocycles. The third kappa shape index (κ3) is 6.34. The Morgan fingerprint density at radius 3 is 2.56 bits per heavy atom. The highest BCUT2D eigenvalue weighted by molar-refractivity contribution is 7.81. The van der Waals surface area contributed by atoms with E-state index in [0.717, 1.165) is 12.1 Å². The van der Waals surface area contributed by atoms with Crippen LogP contribution in [0.1, 0.15) is 5.56 Å². The second-order valence-electron chi connectivity index (χ2n) is 6.13. The molecule has 0 aliphatic carbocycles. The molecule has 0 fully saturated rings. The number of H-pyrrole nitrogens is 1. The Balaban J connectivity index is 1.87. The smallest absolute Gasteiger partial charge is 0.488 e. The van der Waals surface area contributed by atoms with E-state index in [1.807, 2.05) is 6.07 Å². The largest absolute Gasteiger partial charge is 0.488 e. The van der Waals surface area contributed by atoms with Gasteiger partial charge in [-0.15, -0.1) is 0 Å². The zero-order valence-electron chi connectivity index (χ0n) is 15.9. The van der Waals surface area contributed by atoms with Crippen LogP contribution in [0.15, 0.2) is 58.3 Å². The lowest BCUT2D eigenvalue weighted by Crippen LogP contribution is -2.30. The maximum Gasteiger partial charge on any atom is 0.488 e. The molecule has 0 bridgehead atoms. The van der Waals surface area contributed by atoms with Gasteiger partial charge in [0.25, 0.3) is 5.56 Å². The van der Waals surface area contributed by atoms with Crippen LogP contribution in [0.4, 0.5) is 3.89 Å². The summed E-state index contributed by atoms with van der Waals surface area (Å²) in [5.74, 6) is -0.263. The maximum atomic E-state index is 12.9. The second-order valence-corrected chi connectivity index (χ2v) is 7.52. The molecular formula is C19H13ClFN3O7S. The Morgan fingerprint density at radius 2 is 1.88 bits per heavy atom. The first kappa shape index (κ1) is 22.9. The molecule has 10 nitrogen and oxygen atoms in total. The molecule has 3 aromatic rings. The van der Waals surface area contributed by atoms with E-state index in [-0.39, 0.29) is 41.0 Å². The van der Waals surface area contributed by atoms with Crippen molar-refractivity contribution in [2.75, 3.05) is 6.61 Å². The first-order valence-electron chi connectivity index (χ1n) is 8.72. The highest BCUT2D eigenvalue weighted by atomic mass is 35.5. The summed E-state index contributed by atoms with van der Waals surface area (Å²) in [6, 6.07) is 10.7. The number of aromatic nitrogens is 2. The standard InChI is InChI=1S/C19H13ClFN3O7S/c20-13-7-12(11-22)8-15(9-13)30-17-10-14(31-32(21,27)28)1-2-16(17)29-6-5-24-4-3-18(25)23-19(24)26/h1-4,7-10H,5-6H2,(H,23,25,26). The Kier molecular flexibility index (Phi) is 6.82. The van der Waals surface area contributed by atoms with Gasteiger partial charge in [-0.05, 0) is 30.3 Å². The number of halogens is 2. The third-order valence-corrected chi connectivity index (χ3v) is 4.44. The summed E-state index contributed by atoms with van der Waals surface area (Å²) in [6.45, 7) is 0.00479. The minimum Gasteiger partial charge on any atom is -0.488 e. The number of hydrogen-bond donors (Lipinski definition) is 1. The van der Waals surface area contributed by atoms with Crippen LogP contribution in [0.25, 0.3) is 0 Å². The molecule has 0 saturated carbocycles. The van der Waals surface area contributed by atoms with Crippen molar-refractivity contribution in [3.63, 3.8) is 0 Å². The number of nitrogens with one attached hydrogen (secondary N) is 1. The normalized spacial score (nSPS) is 10.9. The fourth-order valence-electron chi connectivity index (χ4n) is 2.54. The Labute approximate surface area is 185 Å². The fraction of sp³-hybridized carbons (Fsp3) is 0.105. The van der Waals surface area contributed by atoms with Gasteiger partial charge in [0.1, 0.15) is 18.1 Å². The molecule has 166 valence electrons. The van der Waals surface area contributed by atoms with Crippen molar-refractivity contribution >= 4 is 22.1 Å². The number of benzene rings is 2. The molecular weight excluding hydrogens is 469 g/mol. The summed E-state index contributed by atoms with van der Waals surface area (Å²) in [5.41, 5.74) is -0.969. The summed E-state index contributed by atoms with van der Waals surface area (Å²) >= 11 is 5.96. The van der Waals surface area contributed by atoms with Crippen molar-refractivity contribution in [3.05, 3.63) is 80.1 Å². The van der Waals surface area contributed by atoms with Gasteiger partial charge in [0.15, 0.2) is 11.5 Å². The highest BCUT2D eigenvalue weighted by Crippen LogP contribution is 2.36. The predicted octanol–water partition coefficient (Wildman–Crippen LogP) is 2.53. The number of ether oxygens (including phenoxy) is 2. The van der Waals surface area contributed by atoms with E-state index in [1.54, 1.807) is 0 Å². The molecule has 0 aliphatic rings. The van der Waals surface area contributed by atoms with Crippen molar-refractivity contribution in [2.24, 2.45) is 0 Å². The number of rotatable bonds is 8. The first-order chi connectivity index (χ1) is 15.1. The van der Waals surface area contributed by atoms with Crippen LogP contribution in [0, 0.1) is 11.3 Å². The topological polar surface area (TPSA) is 140 Å². The van der Waals surface area contributed by atoms with Gasteiger partial charge in [0, 0.05) is 23.4 Å². The minimum absolute atomic E-state index is 0.0527. The van der Waals surface area contributed by atoms with Crippen molar-refractivity contribution in [1.29, 1.82) is 5.26 Å². The number of hydrogen-bond acceptors (Lipinski definition) is 8. The Bertz CT molecular complexity index is 1410. The average Bonchev–Trinajstić information content (AvgIpc) is 2.69. The monoisotopic (exact) mass is 481 g/mol. The Morgan fingerprint density at radius 1 is 1.09 bits per heavy atom. The van der Waals surface area contributed by atoms with Crippen LogP contribution < -0.4 is 24.9 Å².